The molecule has 0 saturated carbocycles. The molecule has 1 aliphatic rings. The van der Waals surface area contributed by atoms with Crippen LogP contribution in [0.3, 0.4) is 0 Å². The Bertz CT molecular complexity index is 434. The Kier molecular flexibility index (Phi) is 5.97. The van der Waals surface area contributed by atoms with Crippen molar-refractivity contribution in [2.75, 3.05) is 19.7 Å². The van der Waals surface area contributed by atoms with Crippen molar-refractivity contribution < 1.29 is 9.47 Å². The zero-order valence-electron chi connectivity index (χ0n) is 11.9. The summed E-state index contributed by atoms with van der Waals surface area (Å²) in [5.41, 5.74) is 0. The predicted molar refractivity (Wildman–Crippen MR) is 82.9 cm³/mol. The second-order valence-corrected chi connectivity index (χ2v) is 6.21. The average molecular weight is 318 g/mol. The molecular weight excluding hydrogens is 297 g/mol. The van der Waals surface area contributed by atoms with Crippen LogP contribution in [-0.4, -0.2) is 31.9 Å². The van der Waals surface area contributed by atoms with E-state index in [0.717, 1.165) is 19.5 Å². The number of benzene rings is 1. The van der Waals surface area contributed by atoms with E-state index in [0.29, 0.717) is 28.3 Å². The van der Waals surface area contributed by atoms with Crippen LogP contribution in [0, 0.1) is 5.92 Å². The van der Waals surface area contributed by atoms with Crippen LogP contribution in [0.4, 0.5) is 0 Å². The molecule has 5 heteroatoms. The minimum Gasteiger partial charge on any atom is -0.486 e. The summed E-state index contributed by atoms with van der Waals surface area (Å²) in [4.78, 5) is 0. The number of halogens is 2. The van der Waals surface area contributed by atoms with Crippen molar-refractivity contribution in [1.82, 2.24) is 5.32 Å². The summed E-state index contributed by atoms with van der Waals surface area (Å²) in [7, 11) is 0. The Balaban J connectivity index is 2.05. The summed E-state index contributed by atoms with van der Waals surface area (Å²) in [5, 5.41) is 4.51. The number of nitrogens with one attached hydrogen (secondary N) is 1. The first-order valence-corrected chi connectivity index (χ1v) is 7.76. The Morgan fingerprint density at radius 3 is 2.75 bits per heavy atom. The molecule has 0 aromatic heterocycles. The fourth-order valence-electron chi connectivity index (χ4n) is 2.28. The van der Waals surface area contributed by atoms with Gasteiger partial charge in [0.15, 0.2) is 0 Å². The van der Waals surface area contributed by atoms with Crippen LogP contribution >= 0.6 is 23.2 Å². The smallest absolute Gasteiger partial charge is 0.138 e. The minimum atomic E-state index is 0.00563. The topological polar surface area (TPSA) is 30.5 Å². The molecule has 1 heterocycles. The molecule has 112 valence electrons. The lowest BCUT2D eigenvalue weighted by atomic mass is 10.0. The highest BCUT2D eigenvalue weighted by atomic mass is 35.5. The van der Waals surface area contributed by atoms with Crippen molar-refractivity contribution in [3.8, 4) is 5.75 Å². The molecule has 1 aromatic rings. The van der Waals surface area contributed by atoms with Gasteiger partial charge in [0.2, 0.25) is 0 Å². The van der Waals surface area contributed by atoms with Gasteiger partial charge in [0.1, 0.15) is 11.9 Å². The van der Waals surface area contributed by atoms with E-state index >= 15 is 0 Å². The van der Waals surface area contributed by atoms with E-state index in [9.17, 15) is 0 Å². The summed E-state index contributed by atoms with van der Waals surface area (Å²) in [6, 6.07) is 5.30. The van der Waals surface area contributed by atoms with Gasteiger partial charge >= 0.3 is 0 Å². The third-order valence-electron chi connectivity index (χ3n) is 3.39. The Morgan fingerprint density at radius 2 is 2.15 bits per heavy atom. The molecule has 2 rings (SSSR count). The molecule has 0 aliphatic carbocycles. The van der Waals surface area contributed by atoms with E-state index in [1.165, 1.54) is 0 Å². The molecule has 0 bridgehead atoms. The monoisotopic (exact) mass is 317 g/mol. The molecule has 1 N–H and O–H groups in total. The molecule has 0 spiro atoms. The van der Waals surface area contributed by atoms with E-state index in [1.54, 1.807) is 12.1 Å². The Labute approximate surface area is 130 Å². The minimum absolute atomic E-state index is 0.00563. The maximum absolute atomic E-state index is 6.18. The van der Waals surface area contributed by atoms with Crippen LogP contribution in [-0.2, 0) is 4.74 Å². The van der Waals surface area contributed by atoms with Gasteiger partial charge in [-0.05, 0) is 45.0 Å². The van der Waals surface area contributed by atoms with Gasteiger partial charge in [-0.15, -0.1) is 0 Å². The maximum atomic E-state index is 6.18. The average Bonchev–Trinajstić information content (AvgIpc) is 2.90. The van der Waals surface area contributed by atoms with Crippen molar-refractivity contribution in [3.63, 3.8) is 0 Å². The summed E-state index contributed by atoms with van der Waals surface area (Å²) in [6.45, 7) is 6.61. The highest BCUT2D eigenvalue weighted by Gasteiger charge is 2.27. The van der Waals surface area contributed by atoms with Crippen LogP contribution in [0.1, 0.15) is 20.3 Å². The lowest BCUT2D eigenvalue weighted by Gasteiger charge is -2.25. The highest BCUT2D eigenvalue weighted by molar-refractivity contribution is 6.35. The molecule has 0 amide bonds. The van der Waals surface area contributed by atoms with E-state index < -0.39 is 0 Å². The van der Waals surface area contributed by atoms with Crippen molar-refractivity contribution >= 4 is 23.2 Å². The van der Waals surface area contributed by atoms with Crippen LogP contribution in [0.2, 0.25) is 10.0 Å². The lowest BCUT2D eigenvalue weighted by Crippen LogP contribution is -2.34. The van der Waals surface area contributed by atoms with Crippen LogP contribution in [0.5, 0.6) is 5.75 Å². The van der Waals surface area contributed by atoms with E-state index in [2.05, 4.69) is 5.32 Å². The normalized spacial score (nSPS) is 20.4. The Morgan fingerprint density at radius 1 is 1.35 bits per heavy atom. The quantitative estimate of drug-likeness (QED) is 0.866. The van der Waals surface area contributed by atoms with Crippen molar-refractivity contribution in [2.24, 2.45) is 5.92 Å². The largest absolute Gasteiger partial charge is 0.486 e. The summed E-state index contributed by atoms with van der Waals surface area (Å²) < 4.78 is 11.8. The van der Waals surface area contributed by atoms with Crippen molar-refractivity contribution in [2.45, 2.75) is 32.5 Å². The molecule has 1 aromatic carbocycles. The second-order valence-electron chi connectivity index (χ2n) is 5.37. The molecule has 1 fully saturated rings. The first-order valence-electron chi connectivity index (χ1n) is 7.00. The van der Waals surface area contributed by atoms with Crippen molar-refractivity contribution in [1.29, 1.82) is 0 Å². The molecule has 20 heavy (non-hydrogen) atoms. The summed E-state index contributed by atoms with van der Waals surface area (Å²) in [5.74, 6) is 1.11. The van der Waals surface area contributed by atoms with Gasteiger partial charge in [0.25, 0.3) is 0 Å². The molecule has 0 radical (unpaired) electrons. The summed E-state index contributed by atoms with van der Waals surface area (Å²) >= 11 is 12.1. The molecular formula is C15H21Cl2NO2. The van der Waals surface area contributed by atoms with Gasteiger partial charge < -0.3 is 14.8 Å². The Hall–Kier alpha value is -0.480. The summed E-state index contributed by atoms with van der Waals surface area (Å²) in [6.07, 6.45) is 1.29. The van der Waals surface area contributed by atoms with Gasteiger partial charge in [0, 0.05) is 17.5 Å². The highest BCUT2D eigenvalue weighted by Crippen LogP contribution is 2.30. The third kappa shape index (κ3) is 4.52. The van der Waals surface area contributed by atoms with Gasteiger partial charge in [-0.2, -0.15) is 0 Å². The number of hydrogen-bond acceptors (Lipinski definition) is 3. The predicted octanol–water partition coefficient (Wildman–Crippen LogP) is 3.78. The fourth-order valence-corrected chi connectivity index (χ4v) is 2.73. The van der Waals surface area contributed by atoms with Gasteiger partial charge in [0.05, 0.1) is 17.7 Å². The molecule has 1 saturated heterocycles. The SMILES string of the molecule is CC(C)OC[C@@H](Oc1ccc(Cl)cc1Cl)[C@H]1CCNC1. The standard InChI is InChI=1S/C15H21Cl2NO2/c1-10(2)19-9-15(11-5-6-18-8-11)20-14-4-3-12(16)7-13(14)17/h3-4,7,10-11,15,18H,5-6,8-9H2,1-2H3/t11-,15+/m0/s1. The number of rotatable bonds is 6. The zero-order valence-corrected chi connectivity index (χ0v) is 13.4. The van der Waals surface area contributed by atoms with Crippen molar-refractivity contribution in [3.05, 3.63) is 28.2 Å². The molecule has 2 atom stereocenters. The second kappa shape index (κ2) is 7.51. The van der Waals surface area contributed by atoms with E-state index in [4.69, 9.17) is 32.7 Å². The van der Waals surface area contributed by atoms with Crippen LogP contribution < -0.4 is 10.1 Å². The van der Waals surface area contributed by atoms with Gasteiger partial charge in [-0.3, -0.25) is 0 Å². The lowest BCUT2D eigenvalue weighted by molar-refractivity contribution is -0.00362. The van der Waals surface area contributed by atoms with Gasteiger partial charge in [-0.1, -0.05) is 23.2 Å². The molecule has 1 aliphatic heterocycles. The van der Waals surface area contributed by atoms with E-state index in [-0.39, 0.29) is 12.2 Å². The molecule has 0 unspecified atom stereocenters. The molecule has 3 nitrogen and oxygen atoms in total. The third-order valence-corrected chi connectivity index (χ3v) is 3.92. The van der Waals surface area contributed by atoms with E-state index in [1.807, 2.05) is 19.9 Å². The van der Waals surface area contributed by atoms with Crippen LogP contribution in [0.25, 0.3) is 0 Å². The van der Waals surface area contributed by atoms with Gasteiger partial charge in [-0.25, -0.2) is 0 Å². The first kappa shape index (κ1) is 15.9. The number of hydrogen-bond donors (Lipinski definition) is 1. The van der Waals surface area contributed by atoms with Crippen LogP contribution in [0.15, 0.2) is 18.2 Å². The maximum Gasteiger partial charge on any atom is 0.138 e. The first-order chi connectivity index (χ1) is 9.56. The zero-order chi connectivity index (χ0) is 14.5. The fraction of sp³-hybridized carbons (Fsp3) is 0.600. The number of ether oxygens (including phenoxy) is 2.